The Hall–Kier alpha value is -2.63. The Bertz CT molecular complexity index is 943. The van der Waals surface area contributed by atoms with E-state index >= 15 is 0 Å². The van der Waals surface area contributed by atoms with E-state index in [0.717, 1.165) is 25.0 Å². The zero-order valence-corrected chi connectivity index (χ0v) is 14.3. The largest absolute Gasteiger partial charge is 0.466 e. The zero-order valence-electron chi connectivity index (χ0n) is 14.3. The van der Waals surface area contributed by atoms with Crippen molar-refractivity contribution in [1.29, 1.82) is 0 Å². The first kappa shape index (κ1) is 15.9. The molecule has 0 spiro atoms. The molecule has 130 valence electrons. The summed E-state index contributed by atoms with van der Waals surface area (Å²) in [4.78, 5) is 22.7. The van der Waals surface area contributed by atoms with Gasteiger partial charge in [0.2, 0.25) is 0 Å². The van der Waals surface area contributed by atoms with Crippen LogP contribution in [0.3, 0.4) is 0 Å². The van der Waals surface area contributed by atoms with Gasteiger partial charge in [-0.1, -0.05) is 0 Å². The second-order valence-electron chi connectivity index (χ2n) is 6.62. The van der Waals surface area contributed by atoms with Crippen LogP contribution in [-0.2, 0) is 0 Å². The van der Waals surface area contributed by atoms with Crippen molar-refractivity contribution in [2.75, 3.05) is 6.54 Å². The summed E-state index contributed by atoms with van der Waals surface area (Å²) in [5.41, 5.74) is 1.97. The lowest BCUT2D eigenvalue weighted by Crippen LogP contribution is -2.39. The summed E-state index contributed by atoms with van der Waals surface area (Å²) in [5, 5.41) is 0. The first-order chi connectivity index (χ1) is 12.0. The molecule has 1 aliphatic rings. The molecule has 1 N–H and O–H groups in total. The minimum Gasteiger partial charge on any atom is -0.466 e. The fraction of sp³-hybridized carbons (Fsp3) is 0.368. The van der Waals surface area contributed by atoms with E-state index in [0.29, 0.717) is 34.7 Å². The lowest BCUT2D eigenvalue weighted by Gasteiger charge is -2.34. The number of halogens is 1. The van der Waals surface area contributed by atoms with Crippen molar-refractivity contribution in [3.8, 4) is 0 Å². The Labute approximate surface area is 144 Å². The molecule has 25 heavy (non-hydrogen) atoms. The third kappa shape index (κ3) is 2.81. The van der Waals surface area contributed by atoms with E-state index in [4.69, 9.17) is 4.42 Å². The van der Waals surface area contributed by atoms with Gasteiger partial charge in [0.05, 0.1) is 22.6 Å². The number of carbonyl (C=O) groups is 1. The zero-order chi connectivity index (χ0) is 17.6. The van der Waals surface area contributed by atoms with Crippen LogP contribution in [0.5, 0.6) is 0 Å². The molecule has 3 heterocycles. The summed E-state index contributed by atoms with van der Waals surface area (Å²) in [7, 11) is 0. The van der Waals surface area contributed by atoms with E-state index in [1.807, 2.05) is 18.7 Å². The number of fused-ring (bicyclic) bond motifs is 1. The van der Waals surface area contributed by atoms with Crippen molar-refractivity contribution >= 4 is 16.9 Å². The number of rotatable bonds is 2. The second kappa shape index (κ2) is 6.02. The van der Waals surface area contributed by atoms with Crippen molar-refractivity contribution in [3.63, 3.8) is 0 Å². The van der Waals surface area contributed by atoms with Gasteiger partial charge >= 0.3 is 0 Å². The molecule has 1 fully saturated rings. The van der Waals surface area contributed by atoms with E-state index < -0.39 is 0 Å². The van der Waals surface area contributed by atoms with Crippen LogP contribution < -0.4 is 0 Å². The van der Waals surface area contributed by atoms with Crippen LogP contribution in [0.25, 0.3) is 11.0 Å². The molecule has 3 aromatic rings. The van der Waals surface area contributed by atoms with Gasteiger partial charge in [0.15, 0.2) is 0 Å². The molecule has 6 heteroatoms. The first-order valence-corrected chi connectivity index (χ1v) is 8.56. The molecule has 0 radical (unpaired) electrons. The van der Waals surface area contributed by atoms with Crippen molar-refractivity contribution in [2.24, 2.45) is 0 Å². The van der Waals surface area contributed by atoms with Crippen molar-refractivity contribution in [2.45, 2.75) is 39.2 Å². The number of amides is 1. The fourth-order valence-corrected chi connectivity index (χ4v) is 3.62. The summed E-state index contributed by atoms with van der Waals surface area (Å²) in [6.45, 7) is 4.33. The predicted octanol–water partition coefficient (Wildman–Crippen LogP) is 4.28. The quantitative estimate of drug-likeness (QED) is 0.757. The van der Waals surface area contributed by atoms with Crippen LogP contribution in [-0.4, -0.2) is 27.3 Å². The van der Waals surface area contributed by atoms with Crippen LogP contribution >= 0.6 is 0 Å². The second-order valence-corrected chi connectivity index (χ2v) is 6.62. The average Bonchev–Trinajstić information content (AvgIpc) is 3.16. The number of hydrogen-bond acceptors (Lipinski definition) is 3. The van der Waals surface area contributed by atoms with E-state index in [-0.39, 0.29) is 17.8 Å². The number of aromatic amines is 1. The lowest BCUT2D eigenvalue weighted by atomic mass is 10.00. The highest BCUT2D eigenvalue weighted by Crippen LogP contribution is 2.32. The molecular weight excluding hydrogens is 321 g/mol. The van der Waals surface area contributed by atoms with Gasteiger partial charge in [-0.3, -0.25) is 4.79 Å². The van der Waals surface area contributed by atoms with Gasteiger partial charge < -0.3 is 14.3 Å². The van der Waals surface area contributed by atoms with E-state index in [1.165, 1.54) is 12.1 Å². The van der Waals surface area contributed by atoms with Gasteiger partial charge in [0.1, 0.15) is 23.2 Å². The predicted molar refractivity (Wildman–Crippen MR) is 91.9 cm³/mol. The minimum absolute atomic E-state index is 0.0364. The maximum Gasteiger partial charge on any atom is 0.258 e. The van der Waals surface area contributed by atoms with Crippen LogP contribution in [0.2, 0.25) is 0 Å². The molecule has 4 rings (SSSR count). The van der Waals surface area contributed by atoms with Crippen LogP contribution in [0.15, 0.2) is 28.7 Å². The molecular formula is C19H20FN3O2. The standard InChI is InChI=1S/C19H20FN3O2/c1-11-9-14(12(2)25-11)19(24)23-8-4-3-5-17(23)18-21-15-7-6-13(20)10-16(15)22-18/h6-7,9-10,17H,3-5,8H2,1-2H3,(H,21,22). The molecule has 1 unspecified atom stereocenters. The summed E-state index contributed by atoms with van der Waals surface area (Å²) in [5.74, 6) is 1.74. The van der Waals surface area contributed by atoms with E-state index in [9.17, 15) is 9.18 Å². The Balaban J connectivity index is 1.70. The molecule has 1 amide bonds. The number of aryl methyl sites for hydroxylation is 2. The summed E-state index contributed by atoms with van der Waals surface area (Å²) >= 11 is 0. The molecule has 0 aliphatic carbocycles. The van der Waals surface area contributed by atoms with Gasteiger partial charge in [-0.05, 0) is 57.4 Å². The number of likely N-dealkylation sites (tertiary alicyclic amines) is 1. The normalized spacial score (nSPS) is 18.0. The Morgan fingerprint density at radius 3 is 2.92 bits per heavy atom. The third-order valence-electron chi connectivity index (χ3n) is 4.81. The number of carbonyl (C=O) groups excluding carboxylic acids is 1. The Morgan fingerprint density at radius 2 is 2.16 bits per heavy atom. The highest BCUT2D eigenvalue weighted by atomic mass is 19.1. The van der Waals surface area contributed by atoms with Gasteiger partial charge in [-0.25, -0.2) is 9.37 Å². The van der Waals surface area contributed by atoms with Crippen molar-refractivity contribution < 1.29 is 13.6 Å². The van der Waals surface area contributed by atoms with Crippen LogP contribution in [0, 0.1) is 19.7 Å². The van der Waals surface area contributed by atoms with E-state index in [2.05, 4.69) is 9.97 Å². The molecule has 1 atom stereocenters. The number of H-pyrrole nitrogens is 1. The van der Waals surface area contributed by atoms with Gasteiger partial charge in [0, 0.05) is 6.54 Å². The average molecular weight is 341 g/mol. The number of imidazole rings is 1. The smallest absolute Gasteiger partial charge is 0.258 e. The number of furan rings is 1. The fourth-order valence-electron chi connectivity index (χ4n) is 3.62. The summed E-state index contributed by atoms with van der Waals surface area (Å²) in [6, 6.07) is 6.14. The maximum absolute atomic E-state index is 13.4. The summed E-state index contributed by atoms with van der Waals surface area (Å²) in [6.07, 6.45) is 2.83. The first-order valence-electron chi connectivity index (χ1n) is 8.56. The summed E-state index contributed by atoms with van der Waals surface area (Å²) < 4.78 is 19.0. The van der Waals surface area contributed by atoms with Crippen LogP contribution in [0.4, 0.5) is 4.39 Å². The van der Waals surface area contributed by atoms with E-state index in [1.54, 1.807) is 12.1 Å². The number of aromatic nitrogens is 2. The lowest BCUT2D eigenvalue weighted by molar-refractivity contribution is 0.0599. The van der Waals surface area contributed by atoms with Crippen molar-refractivity contribution in [1.82, 2.24) is 14.9 Å². The van der Waals surface area contributed by atoms with Gasteiger partial charge in [-0.15, -0.1) is 0 Å². The van der Waals surface area contributed by atoms with Gasteiger partial charge in [0.25, 0.3) is 5.91 Å². The Kier molecular flexibility index (Phi) is 3.82. The SMILES string of the molecule is Cc1cc(C(=O)N2CCCCC2c2nc3ccc(F)cc3[nH]2)c(C)o1. The monoisotopic (exact) mass is 341 g/mol. The molecule has 1 aromatic carbocycles. The number of nitrogens with zero attached hydrogens (tertiary/aromatic N) is 2. The highest BCUT2D eigenvalue weighted by Gasteiger charge is 2.32. The molecule has 1 aliphatic heterocycles. The van der Waals surface area contributed by atoms with Crippen molar-refractivity contribution in [3.05, 3.63) is 53.0 Å². The maximum atomic E-state index is 13.4. The molecule has 5 nitrogen and oxygen atoms in total. The highest BCUT2D eigenvalue weighted by molar-refractivity contribution is 5.95. The minimum atomic E-state index is -0.302. The number of piperidine rings is 1. The topological polar surface area (TPSA) is 62.1 Å². The van der Waals surface area contributed by atoms with Crippen LogP contribution in [0.1, 0.15) is 53.0 Å². The van der Waals surface area contributed by atoms with Gasteiger partial charge in [-0.2, -0.15) is 0 Å². The molecule has 1 saturated heterocycles. The number of nitrogens with one attached hydrogen (secondary N) is 1. The Morgan fingerprint density at radius 1 is 1.32 bits per heavy atom. The third-order valence-corrected chi connectivity index (χ3v) is 4.81. The molecule has 0 bridgehead atoms. The molecule has 2 aromatic heterocycles. The molecule has 0 saturated carbocycles. The number of benzene rings is 1. The number of hydrogen-bond donors (Lipinski definition) is 1.